The predicted molar refractivity (Wildman–Crippen MR) is 90.5 cm³/mol. The number of amides is 2. The quantitative estimate of drug-likeness (QED) is 0.877. The number of carbonyl (C=O) groups is 2. The Hall–Kier alpha value is -1.88. The molecule has 1 aliphatic heterocycles. The van der Waals surface area contributed by atoms with E-state index in [9.17, 15) is 9.59 Å². The summed E-state index contributed by atoms with van der Waals surface area (Å²) < 4.78 is 5.77. The molecule has 1 aromatic carbocycles. The molecule has 23 heavy (non-hydrogen) atoms. The van der Waals surface area contributed by atoms with Gasteiger partial charge in [-0.05, 0) is 43.9 Å². The van der Waals surface area contributed by atoms with Crippen LogP contribution in [0.1, 0.15) is 49.9 Å². The molecular formula is C18H26N2O3. The van der Waals surface area contributed by atoms with Crippen LogP contribution >= 0.6 is 0 Å². The molecule has 1 saturated heterocycles. The molecule has 0 aliphatic carbocycles. The first-order valence-electron chi connectivity index (χ1n) is 8.38. The van der Waals surface area contributed by atoms with E-state index >= 15 is 0 Å². The van der Waals surface area contributed by atoms with Crippen LogP contribution in [0.15, 0.2) is 24.3 Å². The van der Waals surface area contributed by atoms with Crippen molar-refractivity contribution in [2.24, 2.45) is 0 Å². The summed E-state index contributed by atoms with van der Waals surface area (Å²) >= 11 is 0. The highest BCUT2D eigenvalue weighted by atomic mass is 16.5. The molecule has 1 heterocycles. The van der Waals surface area contributed by atoms with Crippen LogP contribution in [-0.4, -0.2) is 42.5 Å². The monoisotopic (exact) mass is 318 g/mol. The Morgan fingerprint density at radius 1 is 1.35 bits per heavy atom. The molecule has 0 saturated carbocycles. The Morgan fingerprint density at radius 2 is 2.17 bits per heavy atom. The van der Waals surface area contributed by atoms with Gasteiger partial charge in [-0.25, -0.2) is 0 Å². The minimum Gasteiger partial charge on any atom is -0.376 e. The van der Waals surface area contributed by atoms with Gasteiger partial charge in [0.25, 0.3) is 5.91 Å². The minimum atomic E-state index is -0.143. The van der Waals surface area contributed by atoms with Crippen molar-refractivity contribution < 1.29 is 14.3 Å². The van der Waals surface area contributed by atoms with Crippen LogP contribution in [-0.2, 0) is 9.53 Å². The van der Waals surface area contributed by atoms with Gasteiger partial charge in [-0.15, -0.1) is 0 Å². The molecule has 1 aromatic rings. The third-order valence-electron chi connectivity index (χ3n) is 3.91. The molecule has 1 atom stereocenters. The smallest absolute Gasteiger partial charge is 0.254 e. The first-order valence-corrected chi connectivity index (χ1v) is 8.38. The summed E-state index contributed by atoms with van der Waals surface area (Å²) in [7, 11) is 0. The maximum absolute atomic E-state index is 12.8. The van der Waals surface area contributed by atoms with E-state index < -0.39 is 0 Å². The molecule has 0 radical (unpaired) electrons. The number of hydrogen-bond acceptors (Lipinski definition) is 3. The largest absolute Gasteiger partial charge is 0.376 e. The first-order chi connectivity index (χ1) is 11.1. The summed E-state index contributed by atoms with van der Waals surface area (Å²) in [5.74, 6) is -0.149. The molecule has 1 unspecified atom stereocenters. The Kier molecular flexibility index (Phi) is 6.59. The highest BCUT2D eigenvalue weighted by Crippen LogP contribution is 2.17. The SMILES string of the molecule is CCCN(CC1CCCCO1)C(=O)c1cccc(NC(C)=O)c1. The van der Waals surface area contributed by atoms with E-state index in [4.69, 9.17) is 4.74 Å². The van der Waals surface area contributed by atoms with E-state index in [2.05, 4.69) is 12.2 Å². The molecule has 126 valence electrons. The molecule has 2 amide bonds. The number of anilines is 1. The number of nitrogens with one attached hydrogen (secondary N) is 1. The molecule has 1 aliphatic rings. The molecule has 0 spiro atoms. The Morgan fingerprint density at radius 3 is 2.83 bits per heavy atom. The minimum absolute atomic E-state index is 0.00627. The fraction of sp³-hybridized carbons (Fsp3) is 0.556. The maximum atomic E-state index is 12.8. The van der Waals surface area contributed by atoms with Crippen LogP contribution in [0.2, 0.25) is 0 Å². The van der Waals surface area contributed by atoms with Gasteiger partial charge in [0.2, 0.25) is 5.91 Å². The topological polar surface area (TPSA) is 58.6 Å². The Bertz CT molecular complexity index is 539. The van der Waals surface area contributed by atoms with Crippen molar-refractivity contribution in [3.05, 3.63) is 29.8 Å². The number of carbonyl (C=O) groups excluding carboxylic acids is 2. The maximum Gasteiger partial charge on any atom is 0.254 e. The van der Waals surface area contributed by atoms with Crippen LogP contribution < -0.4 is 5.32 Å². The second-order valence-electron chi connectivity index (χ2n) is 6.00. The number of hydrogen-bond donors (Lipinski definition) is 1. The average Bonchev–Trinajstić information content (AvgIpc) is 2.54. The van der Waals surface area contributed by atoms with Gasteiger partial charge < -0.3 is 15.0 Å². The lowest BCUT2D eigenvalue weighted by Crippen LogP contribution is -2.40. The summed E-state index contributed by atoms with van der Waals surface area (Å²) in [6, 6.07) is 7.10. The third-order valence-corrected chi connectivity index (χ3v) is 3.91. The van der Waals surface area contributed by atoms with Crippen molar-refractivity contribution in [2.75, 3.05) is 25.0 Å². The molecule has 0 aromatic heterocycles. The number of rotatable bonds is 6. The summed E-state index contributed by atoms with van der Waals surface area (Å²) in [6.07, 6.45) is 4.33. The van der Waals surface area contributed by atoms with E-state index in [1.165, 1.54) is 6.92 Å². The van der Waals surface area contributed by atoms with Gasteiger partial charge in [0, 0.05) is 37.9 Å². The normalized spacial score (nSPS) is 17.6. The average molecular weight is 318 g/mol. The van der Waals surface area contributed by atoms with Crippen molar-refractivity contribution in [2.45, 2.75) is 45.6 Å². The van der Waals surface area contributed by atoms with Crippen LogP contribution in [0.3, 0.4) is 0 Å². The molecule has 1 N–H and O–H groups in total. The van der Waals surface area contributed by atoms with Gasteiger partial charge in [0.15, 0.2) is 0 Å². The molecule has 0 bridgehead atoms. The summed E-state index contributed by atoms with van der Waals surface area (Å²) in [6.45, 7) is 5.66. The van der Waals surface area contributed by atoms with Crippen molar-refractivity contribution in [3.63, 3.8) is 0 Å². The molecule has 2 rings (SSSR count). The van der Waals surface area contributed by atoms with Crippen molar-refractivity contribution >= 4 is 17.5 Å². The van der Waals surface area contributed by atoms with Crippen molar-refractivity contribution in [3.8, 4) is 0 Å². The van der Waals surface area contributed by atoms with Gasteiger partial charge >= 0.3 is 0 Å². The van der Waals surface area contributed by atoms with Gasteiger partial charge in [-0.3, -0.25) is 9.59 Å². The van der Waals surface area contributed by atoms with Crippen LogP contribution in [0.5, 0.6) is 0 Å². The van der Waals surface area contributed by atoms with Crippen molar-refractivity contribution in [1.82, 2.24) is 4.90 Å². The van der Waals surface area contributed by atoms with E-state index in [0.29, 0.717) is 24.3 Å². The van der Waals surface area contributed by atoms with E-state index in [-0.39, 0.29) is 17.9 Å². The Labute approximate surface area is 138 Å². The highest BCUT2D eigenvalue weighted by Gasteiger charge is 2.22. The highest BCUT2D eigenvalue weighted by molar-refractivity contribution is 5.96. The lowest BCUT2D eigenvalue weighted by Gasteiger charge is -2.30. The van der Waals surface area contributed by atoms with Crippen molar-refractivity contribution in [1.29, 1.82) is 0 Å². The summed E-state index contributed by atoms with van der Waals surface area (Å²) in [4.78, 5) is 25.8. The van der Waals surface area contributed by atoms with Gasteiger partial charge in [0.1, 0.15) is 0 Å². The number of ether oxygens (including phenoxy) is 1. The lowest BCUT2D eigenvalue weighted by atomic mass is 10.1. The van der Waals surface area contributed by atoms with Gasteiger partial charge in [0.05, 0.1) is 6.10 Å². The third kappa shape index (κ3) is 5.36. The molecule has 5 heteroatoms. The van der Waals surface area contributed by atoms with Crippen LogP contribution in [0.25, 0.3) is 0 Å². The molecule has 5 nitrogen and oxygen atoms in total. The summed E-state index contributed by atoms with van der Waals surface area (Å²) in [5, 5.41) is 2.72. The zero-order valence-corrected chi connectivity index (χ0v) is 14.0. The zero-order valence-electron chi connectivity index (χ0n) is 14.0. The van der Waals surface area contributed by atoms with E-state index in [1.807, 2.05) is 4.90 Å². The number of nitrogens with zero attached hydrogens (tertiary/aromatic N) is 1. The summed E-state index contributed by atoms with van der Waals surface area (Å²) in [5.41, 5.74) is 1.24. The predicted octanol–water partition coefficient (Wildman–Crippen LogP) is 3.07. The van der Waals surface area contributed by atoms with E-state index in [1.54, 1.807) is 24.3 Å². The zero-order chi connectivity index (χ0) is 16.7. The molecular weight excluding hydrogens is 292 g/mol. The van der Waals surface area contributed by atoms with Crippen LogP contribution in [0.4, 0.5) is 5.69 Å². The number of benzene rings is 1. The second kappa shape index (κ2) is 8.67. The fourth-order valence-electron chi connectivity index (χ4n) is 2.86. The standard InChI is InChI=1S/C18H26N2O3/c1-3-10-20(13-17-9-4-5-11-23-17)18(22)15-7-6-8-16(12-15)19-14(2)21/h6-8,12,17H,3-5,9-11,13H2,1-2H3,(H,19,21). The fourth-order valence-corrected chi connectivity index (χ4v) is 2.86. The lowest BCUT2D eigenvalue weighted by molar-refractivity contribution is -0.114. The van der Waals surface area contributed by atoms with Crippen LogP contribution in [0, 0.1) is 0 Å². The van der Waals surface area contributed by atoms with Gasteiger partial charge in [-0.2, -0.15) is 0 Å². The van der Waals surface area contributed by atoms with E-state index in [0.717, 1.165) is 32.3 Å². The van der Waals surface area contributed by atoms with Gasteiger partial charge in [-0.1, -0.05) is 13.0 Å². The Balaban J connectivity index is 2.08. The first kappa shape index (κ1) is 17.5. The second-order valence-corrected chi connectivity index (χ2v) is 6.00. The molecule has 1 fully saturated rings.